The molecule has 2 N–H and O–H groups in total. The van der Waals surface area contributed by atoms with Crippen molar-refractivity contribution in [2.24, 2.45) is 0 Å². The Kier molecular flexibility index (Phi) is 7.18. The molecule has 6 heteroatoms. The number of carbonyl (C=O) groups excluding carboxylic acids is 1. The first kappa shape index (κ1) is 16.6. The number of aliphatic hydroxyl groups excluding tert-OH is 1. The van der Waals surface area contributed by atoms with Gasteiger partial charge in [0.2, 0.25) is 0 Å². The van der Waals surface area contributed by atoms with Crippen molar-refractivity contribution in [2.75, 3.05) is 20.3 Å². The van der Waals surface area contributed by atoms with Gasteiger partial charge in [0.25, 0.3) is 5.91 Å². The Hall–Kier alpha value is -1.46. The van der Waals surface area contributed by atoms with Crippen molar-refractivity contribution in [3.63, 3.8) is 0 Å². The van der Waals surface area contributed by atoms with Crippen LogP contribution in [0.15, 0.2) is 12.1 Å². The van der Waals surface area contributed by atoms with Gasteiger partial charge in [0.1, 0.15) is 0 Å². The van der Waals surface area contributed by atoms with Crippen molar-refractivity contribution < 1.29 is 19.4 Å². The summed E-state index contributed by atoms with van der Waals surface area (Å²) in [6.45, 7) is 2.30. The molecule has 0 atom stereocenters. The maximum Gasteiger partial charge on any atom is 0.257 e. The van der Waals surface area contributed by atoms with Gasteiger partial charge in [0.15, 0.2) is 18.1 Å². The van der Waals surface area contributed by atoms with Crippen molar-refractivity contribution in [3.05, 3.63) is 22.7 Å². The van der Waals surface area contributed by atoms with E-state index in [2.05, 4.69) is 12.2 Å². The minimum atomic E-state index is -0.246. The van der Waals surface area contributed by atoms with Crippen molar-refractivity contribution >= 4 is 17.5 Å². The highest BCUT2D eigenvalue weighted by molar-refractivity contribution is 6.30. The first-order valence-corrected chi connectivity index (χ1v) is 6.86. The van der Waals surface area contributed by atoms with E-state index in [0.717, 1.165) is 12.8 Å². The highest BCUT2D eigenvalue weighted by atomic mass is 35.5. The van der Waals surface area contributed by atoms with Crippen LogP contribution in [-0.2, 0) is 11.4 Å². The minimum Gasteiger partial charge on any atom is -0.493 e. The lowest BCUT2D eigenvalue weighted by atomic mass is 10.2. The molecule has 0 radical (unpaired) electrons. The number of benzene rings is 1. The molecule has 0 spiro atoms. The van der Waals surface area contributed by atoms with Gasteiger partial charge in [-0.2, -0.15) is 0 Å². The predicted molar refractivity (Wildman–Crippen MR) is 77.3 cm³/mol. The number of rotatable bonds is 8. The number of methoxy groups -OCH3 is 1. The second kappa shape index (κ2) is 8.66. The van der Waals surface area contributed by atoms with Crippen molar-refractivity contribution in [1.82, 2.24) is 5.32 Å². The average molecular weight is 302 g/mol. The van der Waals surface area contributed by atoms with E-state index >= 15 is 0 Å². The number of hydrogen-bond donors (Lipinski definition) is 2. The van der Waals surface area contributed by atoms with Crippen molar-refractivity contribution in [1.29, 1.82) is 0 Å². The van der Waals surface area contributed by atoms with Gasteiger partial charge in [0.05, 0.1) is 13.7 Å². The van der Waals surface area contributed by atoms with E-state index in [-0.39, 0.29) is 19.1 Å². The van der Waals surface area contributed by atoms with E-state index < -0.39 is 0 Å². The standard InChI is InChI=1S/C14H20ClNO4/c1-3-4-5-16-13(18)9-20-14-10(8-17)6-11(15)7-12(14)19-2/h6-7,17H,3-5,8-9H2,1-2H3,(H,16,18). The summed E-state index contributed by atoms with van der Waals surface area (Å²) in [5.41, 5.74) is 0.482. The maximum absolute atomic E-state index is 11.6. The average Bonchev–Trinajstić information content (AvgIpc) is 2.45. The third-order valence-electron chi connectivity index (χ3n) is 2.69. The molecule has 0 fully saturated rings. The highest BCUT2D eigenvalue weighted by Crippen LogP contribution is 2.34. The molecule has 1 amide bonds. The fourth-order valence-electron chi connectivity index (χ4n) is 1.65. The van der Waals surface area contributed by atoms with Crippen LogP contribution in [0.25, 0.3) is 0 Å². The number of amides is 1. The van der Waals surface area contributed by atoms with Crippen LogP contribution in [-0.4, -0.2) is 31.3 Å². The lowest BCUT2D eigenvalue weighted by Crippen LogP contribution is -2.29. The monoisotopic (exact) mass is 301 g/mol. The first-order chi connectivity index (χ1) is 9.62. The summed E-state index contributed by atoms with van der Waals surface area (Å²) >= 11 is 5.90. The minimum absolute atomic E-state index is 0.130. The van der Waals surface area contributed by atoms with Gasteiger partial charge < -0.3 is 19.9 Å². The molecule has 0 aliphatic heterocycles. The maximum atomic E-state index is 11.6. The Morgan fingerprint density at radius 3 is 2.80 bits per heavy atom. The Morgan fingerprint density at radius 2 is 2.20 bits per heavy atom. The van der Waals surface area contributed by atoms with Gasteiger partial charge >= 0.3 is 0 Å². The molecule has 0 saturated carbocycles. The second-order valence-electron chi connectivity index (χ2n) is 4.25. The Balaban J connectivity index is 2.69. The number of halogens is 1. The number of carbonyl (C=O) groups is 1. The highest BCUT2D eigenvalue weighted by Gasteiger charge is 2.13. The molecule has 5 nitrogen and oxygen atoms in total. The van der Waals surface area contributed by atoms with Gasteiger partial charge in [-0.25, -0.2) is 0 Å². The summed E-state index contributed by atoms with van der Waals surface area (Å²) in [7, 11) is 1.47. The zero-order valence-electron chi connectivity index (χ0n) is 11.7. The fourth-order valence-corrected chi connectivity index (χ4v) is 1.88. The molecule has 0 bridgehead atoms. The zero-order valence-corrected chi connectivity index (χ0v) is 12.5. The fraction of sp³-hybridized carbons (Fsp3) is 0.500. The van der Waals surface area contributed by atoms with Crippen LogP contribution < -0.4 is 14.8 Å². The van der Waals surface area contributed by atoms with E-state index in [1.165, 1.54) is 7.11 Å². The van der Waals surface area contributed by atoms with E-state index in [1.54, 1.807) is 12.1 Å². The largest absolute Gasteiger partial charge is 0.493 e. The van der Waals surface area contributed by atoms with Crippen LogP contribution >= 0.6 is 11.6 Å². The third kappa shape index (κ3) is 4.90. The van der Waals surface area contributed by atoms with E-state index in [1.807, 2.05) is 0 Å². The lowest BCUT2D eigenvalue weighted by Gasteiger charge is -2.14. The summed E-state index contributed by atoms with van der Waals surface area (Å²) in [6, 6.07) is 3.15. The molecule has 0 saturated heterocycles. The summed E-state index contributed by atoms with van der Waals surface area (Å²) in [6.07, 6.45) is 1.94. The predicted octanol–water partition coefficient (Wildman–Crippen LogP) is 2.14. The third-order valence-corrected chi connectivity index (χ3v) is 2.91. The Morgan fingerprint density at radius 1 is 1.45 bits per heavy atom. The molecule has 20 heavy (non-hydrogen) atoms. The summed E-state index contributed by atoms with van der Waals surface area (Å²) in [4.78, 5) is 11.6. The van der Waals surface area contributed by atoms with Crippen LogP contribution in [0, 0.1) is 0 Å². The van der Waals surface area contributed by atoms with E-state index in [4.69, 9.17) is 21.1 Å². The van der Waals surface area contributed by atoms with Gasteiger partial charge in [-0.1, -0.05) is 24.9 Å². The quantitative estimate of drug-likeness (QED) is 0.722. The molecular formula is C14H20ClNO4. The SMILES string of the molecule is CCCCNC(=O)COc1c(CO)cc(Cl)cc1OC. The van der Waals surface area contributed by atoms with Gasteiger partial charge in [0, 0.05) is 23.2 Å². The first-order valence-electron chi connectivity index (χ1n) is 6.49. The molecule has 1 aromatic carbocycles. The normalized spacial score (nSPS) is 10.2. The number of nitrogens with one attached hydrogen (secondary N) is 1. The lowest BCUT2D eigenvalue weighted by molar-refractivity contribution is -0.123. The van der Waals surface area contributed by atoms with Gasteiger partial charge in [-0.05, 0) is 12.5 Å². The van der Waals surface area contributed by atoms with Crippen molar-refractivity contribution in [3.8, 4) is 11.5 Å². The zero-order chi connectivity index (χ0) is 15.0. The molecule has 1 aromatic rings. The summed E-state index contributed by atoms with van der Waals surface area (Å²) in [5, 5.41) is 12.5. The number of unbranched alkanes of at least 4 members (excludes halogenated alkanes) is 1. The molecule has 1 rings (SSSR count). The summed E-state index contributed by atoms with van der Waals surface area (Å²) in [5.74, 6) is 0.521. The van der Waals surface area contributed by atoms with Crippen LogP contribution in [0.3, 0.4) is 0 Å². The second-order valence-corrected chi connectivity index (χ2v) is 4.68. The van der Waals surface area contributed by atoms with Crippen LogP contribution in [0.5, 0.6) is 11.5 Å². The Bertz CT molecular complexity index is 426. The van der Waals surface area contributed by atoms with Crippen LogP contribution in [0.1, 0.15) is 25.3 Å². The summed E-state index contributed by atoms with van der Waals surface area (Å²) < 4.78 is 10.6. The number of ether oxygens (including phenoxy) is 2. The van der Waals surface area contributed by atoms with E-state index in [9.17, 15) is 9.90 Å². The van der Waals surface area contributed by atoms with Crippen molar-refractivity contribution in [2.45, 2.75) is 26.4 Å². The smallest absolute Gasteiger partial charge is 0.257 e. The molecule has 112 valence electrons. The molecule has 0 aromatic heterocycles. The molecule has 0 heterocycles. The topological polar surface area (TPSA) is 67.8 Å². The number of hydrogen-bond acceptors (Lipinski definition) is 4. The molecule has 0 aliphatic rings. The molecule has 0 aliphatic carbocycles. The number of aliphatic hydroxyl groups is 1. The Labute approximate surface area is 123 Å². The molecule has 0 unspecified atom stereocenters. The van der Waals surface area contributed by atoms with E-state index in [0.29, 0.717) is 28.6 Å². The molecular weight excluding hydrogens is 282 g/mol. The van der Waals surface area contributed by atoms with Gasteiger partial charge in [-0.3, -0.25) is 4.79 Å². The van der Waals surface area contributed by atoms with Gasteiger partial charge in [-0.15, -0.1) is 0 Å². The van der Waals surface area contributed by atoms with Crippen LogP contribution in [0.2, 0.25) is 5.02 Å². The van der Waals surface area contributed by atoms with Crippen LogP contribution in [0.4, 0.5) is 0 Å².